The Hall–Kier alpha value is -2.89. The summed E-state index contributed by atoms with van der Waals surface area (Å²) in [6, 6.07) is 12.3. The normalized spacial score (nSPS) is 10.1. The third-order valence-electron chi connectivity index (χ3n) is 2.95. The number of aromatic hydroxyl groups is 1. The number of phenols is 1. The number of hydrogen-bond donors (Lipinski definition) is 2. The van der Waals surface area contributed by atoms with Gasteiger partial charge in [0.15, 0.2) is 0 Å². The number of nitrogens with one attached hydrogen (secondary N) is 1. The van der Waals surface area contributed by atoms with E-state index in [1.807, 2.05) is 0 Å². The molecule has 0 radical (unpaired) electrons. The number of phenolic OH excluding ortho intramolecular Hbond substituents is 1. The van der Waals surface area contributed by atoms with E-state index < -0.39 is 4.92 Å². The molecule has 0 aliphatic carbocycles. The third-order valence-corrected chi connectivity index (χ3v) is 2.95. The standard InChI is InChI=1S/C15H14N2O4/c18-14-6-4-11(5-7-14)8-9-16-15(19)12-2-1-3-13(10-12)17(20)21/h1-7,10,18H,8-9H2,(H,16,19). The van der Waals surface area contributed by atoms with Gasteiger partial charge in [0.1, 0.15) is 5.75 Å². The Balaban J connectivity index is 1.91. The number of nitro groups is 1. The molecule has 0 spiro atoms. The summed E-state index contributed by atoms with van der Waals surface area (Å²) in [6.07, 6.45) is 0.612. The average Bonchev–Trinajstić information content (AvgIpc) is 2.49. The molecule has 21 heavy (non-hydrogen) atoms. The first kappa shape index (κ1) is 14.5. The molecule has 0 aliphatic rings. The highest BCUT2D eigenvalue weighted by atomic mass is 16.6. The van der Waals surface area contributed by atoms with Gasteiger partial charge in [0.2, 0.25) is 0 Å². The number of carbonyl (C=O) groups is 1. The van der Waals surface area contributed by atoms with Crippen molar-refractivity contribution in [2.24, 2.45) is 0 Å². The highest BCUT2D eigenvalue weighted by molar-refractivity contribution is 5.94. The van der Waals surface area contributed by atoms with Crippen LogP contribution < -0.4 is 5.32 Å². The van der Waals surface area contributed by atoms with Crippen LogP contribution in [0.25, 0.3) is 0 Å². The van der Waals surface area contributed by atoms with Crippen LogP contribution in [0, 0.1) is 10.1 Å². The van der Waals surface area contributed by atoms with Gasteiger partial charge in [0.25, 0.3) is 11.6 Å². The van der Waals surface area contributed by atoms with E-state index in [9.17, 15) is 14.9 Å². The van der Waals surface area contributed by atoms with Gasteiger partial charge >= 0.3 is 0 Å². The fourth-order valence-electron chi connectivity index (χ4n) is 1.85. The van der Waals surface area contributed by atoms with Gasteiger partial charge in [-0.25, -0.2) is 0 Å². The predicted molar refractivity (Wildman–Crippen MR) is 77.2 cm³/mol. The molecule has 2 aromatic carbocycles. The van der Waals surface area contributed by atoms with Crippen LogP contribution in [0.15, 0.2) is 48.5 Å². The second-order valence-electron chi connectivity index (χ2n) is 4.48. The smallest absolute Gasteiger partial charge is 0.270 e. The quantitative estimate of drug-likeness (QED) is 0.651. The third kappa shape index (κ3) is 4.04. The summed E-state index contributed by atoms with van der Waals surface area (Å²) >= 11 is 0. The van der Waals surface area contributed by atoms with Gasteiger partial charge in [-0.2, -0.15) is 0 Å². The second-order valence-corrected chi connectivity index (χ2v) is 4.48. The molecule has 0 fully saturated rings. The van der Waals surface area contributed by atoms with Crippen LogP contribution in [0.2, 0.25) is 0 Å². The number of nitrogens with zero attached hydrogens (tertiary/aromatic N) is 1. The number of rotatable bonds is 5. The molecule has 108 valence electrons. The van der Waals surface area contributed by atoms with Crippen LogP contribution in [0.3, 0.4) is 0 Å². The average molecular weight is 286 g/mol. The Morgan fingerprint density at radius 3 is 2.57 bits per heavy atom. The zero-order valence-electron chi connectivity index (χ0n) is 11.2. The van der Waals surface area contributed by atoms with Crippen molar-refractivity contribution in [3.8, 4) is 5.75 Å². The van der Waals surface area contributed by atoms with Crippen molar-refractivity contribution >= 4 is 11.6 Å². The molecule has 6 heteroatoms. The minimum Gasteiger partial charge on any atom is -0.508 e. The van der Waals surface area contributed by atoms with E-state index in [4.69, 9.17) is 5.11 Å². The molecule has 0 saturated heterocycles. The maximum absolute atomic E-state index is 11.9. The van der Waals surface area contributed by atoms with Gasteiger partial charge in [-0.15, -0.1) is 0 Å². The van der Waals surface area contributed by atoms with Crippen LogP contribution in [0.5, 0.6) is 5.75 Å². The van der Waals surface area contributed by atoms with Crippen molar-refractivity contribution < 1.29 is 14.8 Å². The van der Waals surface area contributed by atoms with E-state index >= 15 is 0 Å². The van der Waals surface area contributed by atoms with Crippen LogP contribution in [-0.4, -0.2) is 22.5 Å². The lowest BCUT2D eigenvalue weighted by atomic mass is 10.1. The monoisotopic (exact) mass is 286 g/mol. The molecule has 0 saturated carbocycles. The Morgan fingerprint density at radius 1 is 1.19 bits per heavy atom. The number of benzene rings is 2. The van der Waals surface area contributed by atoms with E-state index in [1.165, 1.54) is 24.3 Å². The molecule has 6 nitrogen and oxygen atoms in total. The Kier molecular flexibility index (Phi) is 4.50. The number of carbonyl (C=O) groups excluding carboxylic acids is 1. The Labute approximate surface area is 121 Å². The molecule has 2 N–H and O–H groups in total. The summed E-state index contributed by atoms with van der Waals surface area (Å²) < 4.78 is 0. The first-order valence-corrected chi connectivity index (χ1v) is 6.37. The SMILES string of the molecule is O=C(NCCc1ccc(O)cc1)c1cccc([N+](=O)[O-])c1. The molecular formula is C15H14N2O4. The van der Waals surface area contributed by atoms with Crippen LogP contribution >= 0.6 is 0 Å². The van der Waals surface area contributed by atoms with Crippen molar-refractivity contribution in [2.45, 2.75) is 6.42 Å². The number of hydrogen-bond acceptors (Lipinski definition) is 4. The molecule has 0 atom stereocenters. The lowest BCUT2D eigenvalue weighted by Gasteiger charge is -2.05. The van der Waals surface area contributed by atoms with Crippen molar-refractivity contribution in [3.05, 3.63) is 69.8 Å². The second kappa shape index (κ2) is 6.51. The molecular weight excluding hydrogens is 272 g/mol. The maximum atomic E-state index is 11.9. The highest BCUT2D eigenvalue weighted by Gasteiger charge is 2.10. The summed E-state index contributed by atoms with van der Waals surface area (Å²) in [5.74, 6) is -0.156. The largest absolute Gasteiger partial charge is 0.508 e. The van der Waals surface area contributed by atoms with Gasteiger partial charge in [-0.05, 0) is 30.2 Å². The number of nitro benzene ring substituents is 1. The van der Waals surface area contributed by atoms with E-state index in [2.05, 4.69) is 5.32 Å². The van der Waals surface area contributed by atoms with Gasteiger partial charge in [-0.1, -0.05) is 18.2 Å². The van der Waals surface area contributed by atoms with Crippen molar-refractivity contribution in [1.29, 1.82) is 0 Å². The van der Waals surface area contributed by atoms with E-state index in [-0.39, 0.29) is 22.9 Å². The molecule has 0 unspecified atom stereocenters. The molecule has 0 aliphatic heterocycles. The van der Waals surface area contributed by atoms with E-state index in [0.29, 0.717) is 13.0 Å². The van der Waals surface area contributed by atoms with Gasteiger partial charge < -0.3 is 10.4 Å². The fraction of sp³-hybridized carbons (Fsp3) is 0.133. The highest BCUT2D eigenvalue weighted by Crippen LogP contribution is 2.13. The lowest BCUT2D eigenvalue weighted by Crippen LogP contribution is -2.25. The van der Waals surface area contributed by atoms with Gasteiger partial charge in [0.05, 0.1) is 4.92 Å². The van der Waals surface area contributed by atoms with Gasteiger partial charge in [-0.3, -0.25) is 14.9 Å². The van der Waals surface area contributed by atoms with Crippen molar-refractivity contribution in [1.82, 2.24) is 5.32 Å². The summed E-state index contributed by atoms with van der Waals surface area (Å²) in [5, 5.41) is 22.5. The summed E-state index contributed by atoms with van der Waals surface area (Å²) in [5.41, 5.74) is 1.13. The summed E-state index contributed by atoms with van der Waals surface area (Å²) in [6.45, 7) is 0.409. The topological polar surface area (TPSA) is 92.5 Å². The van der Waals surface area contributed by atoms with Crippen LogP contribution in [0.1, 0.15) is 15.9 Å². The molecule has 0 aromatic heterocycles. The Morgan fingerprint density at radius 2 is 1.90 bits per heavy atom. The zero-order chi connectivity index (χ0) is 15.2. The number of amides is 1. The Bertz CT molecular complexity index is 653. The van der Waals surface area contributed by atoms with E-state index in [1.54, 1.807) is 24.3 Å². The minimum absolute atomic E-state index is 0.110. The summed E-state index contributed by atoms with van der Waals surface area (Å²) in [4.78, 5) is 22.0. The van der Waals surface area contributed by atoms with Crippen LogP contribution in [-0.2, 0) is 6.42 Å². The first-order chi connectivity index (χ1) is 10.1. The van der Waals surface area contributed by atoms with E-state index in [0.717, 1.165) is 5.56 Å². The zero-order valence-corrected chi connectivity index (χ0v) is 11.2. The molecule has 2 rings (SSSR count). The lowest BCUT2D eigenvalue weighted by molar-refractivity contribution is -0.384. The molecule has 0 bridgehead atoms. The van der Waals surface area contributed by atoms with Crippen LogP contribution in [0.4, 0.5) is 5.69 Å². The molecule has 2 aromatic rings. The first-order valence-electron chi connectivity index (χ1n) is 6.37. The minimum atomic E-state index is -0.534. The fourth-order valence-corrected chi connectivity index (χ4v) is 1.85. The maximum Gasteiger partial charge on any atom is 0.270 e. The molecule has 1 amide bonds. The summed E-state index contributed by atoms with van der Waals surface area (Å²) in [7, 11) is 0. The number of non-ortho nitro benzene ring substituents is 1. The van der Waals surface area contributed by atoms with Gasteiger partial charge in [0, 0.05) is 24.2 Å². The van der Waals surface area contributed by atoms with Crippen molar-refractivity contribution in [2.75, 3.05) is 6.54 Å². The van der Waals surface area contributed by atoms with Crippen molar-refractivity contribution in [3.63, 3.8) is 0 Å². The molecule has 0 heterocycles. The predicted octanol–water partition coefficient (Wildman–Crippen LogP) is 2.27.